The van der Waals surface area contributed by atoms with Gasteiger partial charge in [0, 0.05) is 6.42 Å². The van der Waals surface area contributed by atoms with E-state index in [-0.39, 0.29) is 18.9 Å². The highest BCUT2D eigenvalue weighted by Crippen LogP contribution is 2.31. The molecule has 14 heteroatoms. The topological polar surface area (TPSA) is 228 Å². The van der Waals surface area contributed by atoms with Crippen LogP contribution in [0.5, 0.6) is 0 Å². The Morgan fingerprint density at radius 3 is 0.969 bits per heavy atom. The molecule has 580 valence electrons. The van der Waals surface area contributed by atoms with Gasteiger partial charge in [-0.2, -0.15) is 0 Å². The summed E-state index contributed by atoms with van der Waals surface area (Å²) in [5.74, 6) is -0.229. The van der Waals surface area contributed by atoms with Gasteiger partial charge in [-0.1, -0.05) is 385 Å². The van der Waals surface area contributed by atoms with Crippen molar-refractivity contribution >= 4 is 5.91 Å². The summed E-state index contributed by atoms with van der Waals surface area (Å²) >= 11 is 0. The van der Waals surface area contributed by atoms with E-state index in [1.54, 1.807) is 6.08 Å². The number of carbonyl (C=O) groups is 1. The van der Waals surface area contributed by atoms with Crippen molar-refractivity contribution in [1.82, 2.24) is 5.32 Å². The number of ether oxygens (including phenoxy) is 4. The number of hydrogen-bond donors (Lipinski definition) is 9. The highest BCUT2D eigenvalue weighted by Gasteiger charge is 2.51. The van der Waals surface area contributed by atoms with Gasteiger partial charge < -0.3 is 65.1 Å². The van der Waals surface area contributed by atoms with Gasteiger partial charge in [0.15, 0.2) is 12.6 Å². The molecule has 2 rings (SSSR count). The van der Waals surface area contributed by atoms with Gasteiger partial charge in [0.1, 0.15) is 48.8 Å². The molecule has 14 nitrogen and oxygen atoms in total. The summed E-state index contributed by atoms with van der Waals surface area (Å²) in [6.45, 7) is 2.87. The number of allylic oxidation sites excluding steroid dienone is 3. The first-order valence-electron chi connectivity index (χ1n) is 42.6. The van der Waals surface area contributed by atoms with Crippen molar-refractivity contribution in [3.63, 3.8) is 0 Å². The Morgan fingerprint density at radius 2 is 0.643 bits per heavy atom. The molecular weight excluding hydrogens is 1230 g/mol. The number of amides is 1. The number of carbonyl (C=O) groups excluding carboxylic acids is 1. The van der Waals surface area contributed by atoms with Crippen LogP contribution in [-0.2, 0) is 23.7 Å². The van der Waals surface area contributed by atoms with Crippen LogP contribution in [0.1, 0.15) is 412 Å². The maximum absolute atomic E-state index is 13.4. The lowest BCUT2D eigenvalue weighted by Gasteiger charge is -2.46. The lowest BCUT2D eigenvalue weighted by molar-refractivity contribution is -0.359. The summed E-state index contributed by atoms with van der Waals surface area (Å²) in [5.41, 5.74) is 0. The maximum atomic E-state index is 13.4. The summed E-state index contributed by atoms with van der Waals surface area (Å²) in [7, 11) is 0. The van der Waals surface area contributed by atoms with Gasteiger partial charge in [-0.15, -0.1) is 0 Å². The van der Waals surface area contributed by atoms with Gasteiger partial charge in [-0.05, 0) is 44.9 Å². The number of unbranched alkanes of at least 4 members (excludes halogenated alkanes) is 58. The average Bonchev–Trinajstić information content (AvgIpc) is 0.793. The summed E-state index contributed by atoms with van der Waals surface area (Å²) < 4.78 is 22.9. The Hall–Kier alpha value is -1.53. The van der Waals surface area contributed by atoms with E-state index in [0.29, 0.717) is 6.42 Å². The van der Waals surface area contributed by atoms with E-state index in [2.05, 4.69) is 31.3 Å². The molecule has 1 amide bonds. The normalized spacial score (nSPS) is 22.1. The van der Waals surface area contributed by atoms with Crippen molar-refractivity contribution in [3.8, 4) is 0 Å². The van der Waals surface area contributed by atoms with Gasteiger partial charge >= 0.3 is 0 Å². The third-order valence-corrected chi connectivity index (χ3v) is 21.1. The number of aliphatic hydroxyl groups excluding tert-OH is 8. The third kappa shape index (κ3) is 50.8. The third-order valence-electron chi connectivity index (χ3n) is 21.1. The van der Waals surface area contributed by atoms with E-state index in [0.717, 1.165) is 38.5 Å². The highest BCUT2D eigenvalue weighted by molar-refractivity contribution is 5.76. The zero-order valence-corrected chi connectivity index (χ0v) is 63.8. The van der Waals surface area contributed by atoms with Crippen molar-refractivity contribution in [3.05, 3.63) is 24.3 Å². The second kappa shape index (κ2) is 68.6. The lowest BCUT2D eigenvalue weighted by atomic mass is 9.97. The molecular formula is C84H161NO13. The number of hydrogen-bond acceptors (Lipinski definition) is 13. The molecule has 98 heavy (non-hydrogen) atoms. The van der Waals surface area contributed by atoms with Crippen LogP contribution < -0.4 is 5.32 Å². The average molecular weight is 1390 g/mol. The van der Waals surface area contributed by atoms with Crippen LogP contribution >= 0.6 is 0 Å². The van der Waals surface area contributed by atoms with E-state index in [1.165, 1.54) is 347 Å². The number of nitrogens with one attached hydrogen (secondary N) is 1. The van der Waals surface area contributed by atoms with E-state index >= 15 is 0 Å². The molecule has 0 spiro atoms. The molecule has 2 aliphatic heterocycles. The predicted octanol–water partition coefficient (Wildman–Crippen LogP) is 19.8. The quantitative estimate of drug-likeness (QED) is 0.0204. The molecule has 2 fully saturated rings. The van der Waals surface area contributed by atoms with Gasteiger partial charge in [-0.3, -0.25) is 4.79 Å². The van der Waals surface area contributed by atoms with Crippen LogP contribution in [0.4, 0.5) is 0 Å². The summed E-state index contributed by atoms with van der Waals surface area (Å²) in [6.07, 6.45) is 72.9. The van der Waals surface area contributed by atoms with Crippen molar-refractivity contribution in [2.75, 3.05) is 19.8 Å². The van der Waals surface area contributed by atoms with Crippen LogP contribution in [0.2, 0.25) is 0 Å². The fourth-order valence-corrected chi connectivity index (χ4v) is 14.4. The zero-order chi connectivity index (χ0) is 70.8. The minimum Gasteiger partial charge on any atom is -0.394 e. The SMILES string of the molecule is CCCCCCCCCC/C=C\CCCCCCCCCCCCCCCCCCCCCCCCCCCCCCCC(=O)NC(COC1OC(CO)C(OC2OC(CO)C(O)C(O)C2O)C(O)C1O)C(O)/C=C/CCCCCCCCCCCCCCCCCCCCCCC. The smallest absolute Gasteiger partial charge is 0.220 e. The Labute approximate surface area is 602 Å². The van der Waals surface area contributed by atoms with Crippen molar-refractivity contribution in [2.24, 2.45) is 0 Å². The highest BCUT2D eigenvalue weighted by atomic mass is 16.7. The molecule has 0 aromatic heterocycles. The second-order valence-corrected chi connectivity index (χ2v) is 30.3. The van der Waals surface area contributed by atoms with Crippen molar-refractivity contribution in [1.29, 1.82) is 0 Å². The molecule has 9 N–H and O–H groups in total. The molecule has 0 radical (unpaired) electrons. The Morgan fingerprint density at radius 1 is 0.357 bits per heavy atom. The van der Waals surface area contributed by atoms with Gasteiger partial charge in [-0.25, -0.2) is 0 Å². The standard InChI is InChI=1S/C84H161NO13/c1-3-5-7-9-11-13-15-17-19-21-23-25-27-28-29-30-31-32-33-34-35-36-37-38-39-40-41-42-43-44-46-48-50-52-54-56-58-60-62-64-66-68-76(89)85-72(71-95-83-81(94)79(92)82(75(70-87)97-83)98-84-80(93)78(91)77(90)74(69-86)96-84)73(88)67-65-63-61-59-57-55-53-51-49-47-45-26-24-22-20-18-16-14-12-10-8-6-4-2/h21,23,65,67,72-75,77-84,86-88,90-94H,3-20,22,24-64,66,68-71H2,1-2H3,(H,85,89)/b23-21-,67-65+. The van der Waals surface area contributed by atoms with Crippen molar-refractivity contribution in [2.45, 2.75) is 485 Å². The molecule has 0 aliphatic carbocycles. The molecule has 0 saturated carbocycles. The minimum absolute atomic E-state index is 0.229. The van der Waals surface area contributed by atoms with Crippen LogP contribution in [0.15, 0.2) is 24.3 Å². The van der Waals surface area contributed by atoms with Crippen LogP contribution in [-0.4, -0.2) is 140 Å². The second-order valence-electron chi connectivity index (χ2n) is 30.3. The fraction of sp³-hybridized carbons (Fsp3) is 0.940. The van der Waals surface area contributed by atoms with E-state index in [9.17, 15) is 45.6 Å². The van der Waals surface area contributed by atoms with Gasteiger partial charge in [0.2, 0.25) is 5.91 Å². The largest absolute Gasteiger partial charge is 0.394 e. The molecule has 2 heterocycles. The molecule has 0 aromatic rings. The minimum atomic E-state index is -1.79. The Balaban J connectivity index is 1.55. The molecule has 12 unspecified atom stereocenters. The number of aliphatic hydroxyl groups is 8. The molecule has 0 aromatic carbocycles. The van der Waals surface area contributed by atoms with Gasteiger partial charge in [0.25, 0.3) is 0 Å². The molecule has 0 bridgehead atoms. The van der Waals surface area contributed by atoms with E-state index in [4.69, 9.17) is 18.9 Å². The Bertz CT molecular complexity index is 1740. The molecule has 2 aliphatic rings. The maximum Gasteiger partial charge on any atom is 0.220 e. The first-order valence-corrected chi connectivity index (χ1v) is 42.6. The van der Waals surface area contributed by atoms with E-state index < -0.39 is 86.8 Å². The molecule has 2 saturated heterocycles. The summed E-state index contributed by atoms with van der Waals surface area (Å²) in [4.78, 5) is 13.4. The van der Waals surface area contributed by atoms with E-state index in [1.807, 2.05) is 6.08 Å². The first kappa shape index (κ1) is 92.6. The predicted molar refractivity (Wildman–Crippen MR) is 406 cm³/mol. The lowest BCUT2D eigenvalue weighted by Crippen LogP contribution is -2.65. The number of rotatable bonds is 73. The van der Waals surface area contributed by atoms with Crippen molar-refractivity contribution < 1.29 is 64.6 Å². The fourth-order valence-electron chi connectivity index (χ4n) is 14.4. The van der Waals surface area contributed by atoms with Crippen LogP contribution in [0, 0.1) is 0 Å². The van der Waals surface area contributed by atoms with Crippen LogP contribution in [0.3, 0.4) is 0 Å². The molecule has 12 atom stereocenters. The summed E-state index contributed by atoms with van der Waals surface area (Å²) in [6, 6.07) is -0.913. The first-order chi connectivity index (χ1) is 48.1. The zero-order valence-electron chi connectivity index (χ0n) is 63.8. The summed E-state index contributed by atoms with van der Waals surface area (Å²) in [5, 5.41) is 87.7. The van der Waals surface area contributed by atoms with Gasteiger partial charge in [0.05, 0.1) is 32.0 Å². The monoisotopic (exact) mass is 1390 g/mol. The Kier molecular flexibility index (Phi) is 64.8. The van der Waals surface area contributed by atoms with Crippen LogP contribution in [0.25, 0.3) is 0 Å².